The standard InChI is InChI=1S/C24H31N3O3/c1-4-15-30-23-11-5-20(6-12-23)18-26(3)19(2)24(28)25-21-7-9-22(10-8-21)27-13-16-29-17-14-27/h4-12,19H,1,13-18H2,2-3H3,(H,25,28)/p+1/t19-/m1/s1. The van der Waals surface area contributed by atoms with Gasteiger partial charge in [-0.05, 0) is 55.5 Å². The molecular formula is C24H32N3O3+. The fourth-order valence-electron chi connectivity index (χ4n) is 3.39. The second-order valence-corrected chi connectivity index (χ2v) is 7.62. The van der Waals surface area contributed by atoms with Crippen molar-refractivity contribution in [1.29, 1.82) is 0 Å². The summed E-state index contributed by atoms with van der Waals surface area (Å²) >= 11 is 0. The molecule has 1 amide bonds. The van der Waals surface area contributed by atoms with Crippen molar-refractivity contribution in [3.05, 3.63) is 66.7 Å². The molecule has 0 saturated carbocycles. The van der Waals surface area contributed by atoms with Gasteiger partial charge in [0, 0.05) is 30.0 Å². The van der Waals surface area contributed by atoms with E-state index in [-0.39, 0.29) is 11.9 Å². The fraction of sp³-hybridized carbons (Fsp3) is 0.375. The van der Waals surface area contributed by atoms with E-state index < -0.39 is 0 Å². The molecule has 0 bridgehead atoms. The van der Waals surface area contributed by atoms with Gasteiger partial charge in [0.05, 0.1) is 20.3 Å². The van der Waals surface area contributed by atoms with E-state index in [2.05, 4.69) is 28.9 Å². The van der Waals surface area contributed by atoms with Gasteiger partial charge < -0.3 is 24.6 Å². The number of likely N-dealkylation sites (N-methyl/N-ethyl adjacent to an activating group) is 1. The number of carbonyl (C=O) groups is 1. The molecule has 2 aromatic rings. The number of benzene rings is 2. The minimum atomic E-state index is -0.180. The lowest BCUT2D eigenvalue weighted by Crippen LogP contribution is -3.12. The maximum Gasteiger partial charge on any atom is 0.282 e. The molecule has 1 heterocycles. The van der Waals surface area contributed by atoms with Crippen molar-refractivity contribution in [1.82, 2.24) is 0 Å². The summed E-state index contributed by atoms with van der Waals surface area (Å²) in [6.07, 6.45) is 1.72. The number of ether oxygens (including phenoxy) is 2. The second-order valence-electron chi connectivity index (χ2n) is 7.62. The van der Waals surface area contributed by atoms with Crippen LogP contribution in [-0.2, 0) is 16.1 Å². The largest absolute Gasteiger partial charge is 0.490 e. The quantitative estimate of drug-likeness (QED) is 0.622. The molecule has 1 fully saturated rings. The van der Waals surface area contributed by atoms with Crippen molar-refractivity contribution in [2.75, 3.05) is 50.2 Å². The van der Waals surface area contributed by atoms with Gasteiger partial charge >= 0.3 is 0 Å². The highest BCUT2D eigenvalue weighted by Gasteiger charge is 2.22. The Morgan fingerprint density at radius 3 is 2.50 bits per heavy atom. The van der Waals surface area contributed by atoms with Crippen molar-refractivity contribution in [3.63, 3.8) is 0 Å². The molecule has 0 spiro atoms. The maximum atomic E-state index is 12.7. The number of amides is 1. The topological polar surface area (TPSA) is 55.2 Å². The maximum absolute atomic E-state index is 12.7. The van der Waals surface area contributed by atoms with Crippen molar-refractivity contribution in [2.45, 2.75) is 19.5 Å². The summed E-state index contributed by atoms with van der Waals surface area (Å²) in [5, 5.41) is 3.04. The zero-order valence-corrected chi connectivity index (χ0v) is 17.9. The summed E-state index contributed by atoms with van der Waals surface area (Å²) < 4.78 is 10.9. The van der Waals surface area contributed by atoms with E-state index in [0.29, 0.717) is 6.61 Å². The third-order valence-electron chi connectivity index (χ3n) is 5.42. The van der Waals surface area contributed by atoms with E-state index in [1.807, 2.05) is 50.4 Å². The first-order valence-electron chi connectivity index (χ1n) is 10.5. The summed E-state index contributed by atoms with van der Waals surface area (Å²) in [7, 11) is 2.04. The number of morpholine rings is 1. The van der Waals surface area contributed by atoms with Crippen LogP contribution in [0.5, 0.6) is 5.75 Å². The highest BCUT2D eigenvalue weighted by molar-refractivity contribution is 5.93. The van der Waals surface area contributed by atoms with E-state index in [4.69, 9.17) is 9.47 Å². The number of carbonyl (C=O) groups excluding carboxylic acids is 1. The number of quaternary nitrogens is 1. The lowest BCUT2D eigenvalue weighted by atomic mass is 10.1. The highest BCUT2D eigenvalue weighted by atomic mass is 16.5. The van der Waals surface area contributed by atoms with Crippen LogP contribution in [0.2, 0.25) is 0 Å². The first-order valence-corrected chi connectivity index (χ1v) is 10.5. The monoisotopic (exact) mass is 410 g/mol. The van der Waals surface area contributed by atoms with Crippen LogP contribution in [0.3, 0.4) is 0 Å². The Hall–Kier alpha value is -2.83. The summed E-state index contributed by atoms with van der Waals surface area (Å²) in [4.78, 5) is 16.1. The van der Waals surface area contributed by atoms with Crippen LogP contribution in [0.15, 0.2) is 61.2 Å². The molecular weight excluding hydrogens is 378 g/mol. The van der Waals surface area contributed by atoms with E-state index >= 15 is 0 Å². The van der Waals surface area contributed by atoms with Crippen LogP contribution < -0.4 is 19.9 Å². The van der Waals surface area contributed by atoms with Gasteiger partial charge in [0.2, 0.25) is 0 Å². The lowest BCUT2D eigenvalue weighted by molar-refractivity contribution is -0.907. The molecule has 160 valence electrons. The molecule has 6 heteroatoms. The van der Waals surface area contributed by atoms with Crippen LogP contribution in [0, 0.1) is 0 Å². The predicted octanol–water partition coefficient (Wildman–Crippen LogP) is 2.13. The number of hydrogen-bond acceptors (Lipinski definition) is 4. The Kier molecular flexibility index (Phi) is 7.88. The Bertz CT molecular complexity index is 815. The normalized spacial score (nSPS) is 15.9. The van der Waals surface area contributed by atoms with Crippen LogP contribution in [0.1, 0.15) is 12.5 Å². The first kappa shape index (κ1) is 21.9. The molecule has 30 heavy (non-hydrogen) atoms. The van der Waals surface area contributed by atoms with Gasteiger partial charge in [-0.25, -0.2) is 0 Å². The molecule has 1 saturated heterocycles. The molecule has 2 aromatic carbocycles. The summed E-state index contributed by atoms with van der Waals surface area (Å²) in [5.74, 6) is 0.833. The molecule has 1 aliphatic rings. The van der Waals surface area contributed by atoms with Crippen LogP contribution in [0.4, 0.5) is 11.4 Å². The van der Waals surface area contributed by atoms with Gasteiger partial charge in [0.1, 0.15) is 18.9 Å². The molecule has 2 N–H and O–H groups in total. The van der Waals surface area contributed by atoms with E-state index in [1.165, 1.54) is 0 Å². The number of rotatable bonds is 9. The Morgan fingerprint density at radius 2 is 1.87 bits per heavy atom. The molecule has 0 radical (unpaired) electrons. The van der Waals surface area contributed by atoms with Crippen LogP contribution in [-0.4, -0.2) is 51.9 Å². The first-order chi connectivity index (χ1) is 14.6. The van der Waals surface area contributed by atoms with Crippen LogP contribution >= 0.6 is 0 Å². The second kappa shape index (κ2) is 10.8. The summed E-state index contributed by atoms with van der Waals surface area (Å²) in [6.45, 7) is 10.2. The smallest absolute Gasteiger partial charge is 0.282 e. The highest BCUT2D eigenvalue weighted by Crippen LogP contribution is 2.19. The van der Waals surface area contributed by atoms with Crippen molar-refractivity contribution in [2.24, 2.45) is 0 Å². The zero-order valence-electron chi connectivity index (χ0n) is 17.9. The van der Waals surface area contributed by atoms with Gasteiger partial charge in [0.25, 0.3) is 5.91 Å². The van der Waals surface area contributed by atoms with Gasteiger partial charge in [-0.3, -0.25) is 4.79 Å². The fourth-order valence-corrected chi connectivity index (χ4v) is 3.39. The molecule has 0 aromatic heterocycles. The van der Waals surface area contributed by atoms with Crippen molar-refractivity contribution >= 4 is 17.3 Å². The van der Waals surface area contributed by atoms with E-state index in [9.17, 15) is 4.79 Å². The van der Waals surface area contributed by atoms with Gasteiger partial charge in [0.15, 0.2) is 6.04 Å². The third kappa shape index (κ3) is 6.08. The number of nitrogens with one attached hydrogen (secondary N) is 2. The summed E-state index contributed by atoms with van der Waals surface area (Å²) in [6, 6.07) is 15.8. The molecule has 1 unspecified atom stereocenters. The van der Waals surface area contributed by atoms with Gasteiger partial charge in [-0.15, -0.1) is 0 Å². The SMILES string of the molecule is C=CCOc1ccc(C[NH+](C)[C@H](C)C(=O)Nc2ccc(N3CCOCC3)cc2)cc1. The van der Waals surface area contributed by atoms with E-state index in [1.54, 1.807) is 6.08 Å². The third-order valence-corrected chi connectivity index (χ3v) is 5.42. The minimum absolute atomic E-state index is 0.0116. The molecule has 6 nitrogen and oxygen atoms in total. The summed E-state index contributed by atoms with van der Waals surface area (Å²) in [5.41, 5.74) is 3.14. The number of nitrogens with zero attached hydrogens (tertiary/aromatic N) is 1. The Labute approximate surface area is 179 Å². The lowest BCUT2D eigenvalue weighted by Gasteiger charge is -2.29. The van der Waals surface area contributed by atoms with Gasteiger partial charge in [-0.2, -0.15) is 0 Å². The molecule has 1 aliphatic heterocycles. The number of anilines is 2. The average molecular weight is 411 g/mol. The Balaban J connectivity index is 1.51. The van der Waals surface area contributed by atoms with Gasteiger partial charge in [-0.1, -0.05) is 12.7 Å². The minimum Gasteiger partial charge on any atom is -0.490 e. The van der Waals surface area contributed by atoms with Crippen molar-refractivity contribution in [3.8, 4) is 5.75 Å². The predicted molar refractivity (Wildman–Crippen MR) is 120 cm³/mol. The van der Waals surface area contributed by atoms with E-state index in [0.717, 1.165) is 60.4 Å². The van der Waals surface area contributed by atoms with Crippen LogP contribution in [0.25, 0.3) is 0 Å². The Morgan fingerprint density at radius 1 is 1.20 bits per heavy atom. The zero-order chi connectivity index (χ0) is 21.3. The average Bonchev–Trinajstić information content (AvgIpc) is 2.79. The molecule has 2 atom stereocenters. The molecule has 0 aliphatic carbocycles. The number of hydrogen-bond donors (Lipinski definition) is 2. The van der Waals surface area contributed by atoms with Crippen molar-refractivity contribution < 1.29 is 19.2 Å². The molecule has 3 rings (SSSR count).